The van der Waals surface area contributed by atoms with Gasteiger partial charge in [-0.15, -0.1) is 0 Å². The molecular formula is C15H19NO2. The lowest BCUT2D eigenvalue weighted by atomic mass is 10.0. The molecule has 1 aromatic heterocycles. The minimum Gasteiger partial charge on any atom is -0.468 e. The molecule has 3 heteroatoms. The molecule has 2 N–H and O–H groups in total. The third kappa shape index (κ3) is 3.22. The van der Waals surface area contributed by atoms with E-state index >= 15 is 0 Å². The number of aliphatic hydroxyl groups excluding tert-OH is 1. The fraction of sp³-hybridized carbons (Fsp3) is 0.333. The van der Waals surface area contributed by atoms with Crippen LogP contribution in [-0.4, -0.2) is 11.1 Å². The van der Waals surface area contributed by atoms with Crippen LogP contribution in [0.5, 0.6) is 0 Å². The minimum atomic E-state index is -0.494. The molecule has 1 aromatic carbocycles. The Hall–Kier alpha value is -1.58. The van der Waals surface area contributed by atoms with Crippen LogP contribution in [0.1, 0.15) is 30.8 Å². The van der Waals surface area contributed by atoms with Gasteiger partial charge in [0.25, 0.3) is 0 Å². The van der Waals surface area contributed by atoms with Crippen LogP contribution < -0.4 is 5.32 Å². The molecule has 96 valence electrons. The van der Waals surface area contributed by atoms with E-state index in [1.165, 1.54) is 0 Å². The van der Waals surface area contributed by atoms with Crippen molar-refractivity contribution in [2.45, 2.75) is 32.0 Å². The van der Waals surface area contributed by atoms with Gasteiger partial charge in [0.2, 0.25) is 0 Å². The Labute approximate surface area is 107 Å². The van der Waals surface area contributed by atoms with E-state index in [4.69, 9.17) is 4.42 Å². The lowest BCUT2D eigenvalue weighted by Crippen LogP contribution is -2.33. The molecule has 2 atom stereocenters. The molecule has 0 aliphatic rings. The summed E-state index contributed by atoms with van der Waals surface area (Å²) in [5.74, 6) is 0.883. The molecule has 0 bridgehead atoms. The SMILES string of the molecule is CCC(NCc1ccco1)C(O)c1ccccc1. The van der Waals surface area contributed by atoms with Crippen LogP contribution in [0.3, 0.4) is 0 Å². The van der Waals surface area contributed by atoms with Gasteiger partial charge >= 0.3 is 0 Å². The summed E-state index contributed by atoms with van der Waals surface area (Å²) in [4.78, 5) is 0. The second-order valence-corrected chi connectivity index (χ2v) is 4.33. The van der Waals surface area contributed by atoms with Crippen molar-refractivity contribution in [2.24, 2.45) is 0 Å². The molecule has 2 unspecified atom stereocenters. The first-order valence-corrected chi connectivity index (χ1v) is 6.30. The Bertz CT molecular complexity index is 439. The van der Waals surface area contributed by atoms with Gasteiger partial charge < -0.3 is 14.8 Å². The van der Waals surface area contributed by atoms with E-state index in [0.717, 1.165) is 17.7 Å². The lowest BCUT2D eigenvalue weighted by molar-refractivity contribution is 0.124. The molecule has 0 spiro atoms. The van der Waals surface area contributed by atoms with Gasteiger partial charge in [-0.2, -0.15) is 0 Å². The topological polar surface area (TPSA) is 45.4 Å². The van der Waals surface area contributed by atoms with Gasteiger partial charge in [0.15, 0.2) is 0 Å². The quantitative estimate of drug-likeness (QED) is 0.822. The highest BCUT2D eigenvalue weighted by atomic mass is 16.3. The van der Waals surface area contributed by atoms with Gasteiger partial charge in [-0.3, -0.25) is 0 Å². The summed E-state index contributed by atoms with van der Waals surface area (Å²) in [6.45, 7) is 2.70. The number of aliphatic hydroxyl groups is 1. The molecule has 0 saturated heterocycles. The molecule has 3 nitrogen and oxygen atoms in total. The highest BCUT2D eigenvalue weighted by Crippen LogP contribution is 2.18. The number of benzene rings is 1. The Balaban J connectivity index is 1.96. The first kappa shape index (κ1) is 12.9. The van der Waals surface area contributed by atoms with Crippen LogP contribution in [0, 0.1) is 0 Å². The minimum absolute atomic E-state index is 0.0255. The molecule has 0 fully saturated rings. The van der Waals surface area contributed by atoms with Crippen molar-refractivity contribution in [3.05, 3.63) is 60.1 Å². The molecule has 0 aliphatic heterocycles. The fourth-order valence-corrected chi connectivity index (χ4v) is 2.01. The van der Waals surface area contributed by atoms with Gasteiger partial charge in [-0.05, 0) is 24.1 Å². The van der Waals surface area contributed by atoms with Crippen LogP contribution in [0.15, 0.2) is 53.1 Å². The Morgan fingerprint density at radius 2 is 1.94 bits per heavy atom. The molecule has 2 rings (SSSR count). The number of nitrogens with one attached hydrogen (secondary N) is 1. The lowest BCUT2D eigenvalue weighted by Gasteiger charge is -2.22. The maximum absolute atomic E-state index is 10.3. The first-order chi connectivity index (χ1) is 8.81. The predicted octanol–water partition coefficient (Wildman–Crippen LogP) is 2.88. The third-order valence-corrected chi connectivity index (χ3v) is 3.08. The molecule has 0 saturated carbocycles. The maximum Gasteiger partial charge on any atom is 0.117 e. The van der Waals surface area contributed by atoms with Crippen LogP contribution in [0.25, 0.3) is 0 Å². The van der Waals surface area contributed by atoms with Crippen molar-refractivity contribution >= 4 is 0 Å². The average Bonchev–Trinajstić information content (AvgIpc) is 2.93. The Kier molecular flexibility index (Phi) is 4.56. The van der Waals surface area contributed by atoms with Crippen molar-refractivity contribution in [3.8, 4) is 0 Å². The molecule has 0 aliphatic carbocycles. The van der Waals surface area contributed by atoms with E-state index < -0.39 is 6.10 Å². The monoisotopic (exact) mass is 245 g/mol. The van der Waals surface area contributed by atoms with Crippen LogP contribution in [-0.2, 0) is 6.54 Å². The second kappa shape index (κ2) is 6.38. The van der Waals surface area contributed by atoms with Crippen molar-refractivity contribution in [1.82, 2.24) is 5.32 Å². The Morgan fingerprint density at radius 3 is 2.56 bits per heavy atom. The largest absolute Gasteiger partial charge is 0.468 e. The summed E-state index contributed by atoms with van der Waals surface area (Å²) in [6.07, 6.45) is 2.02. The smallest absolute Gasteiger partial charge is 0.117 e. The zero-order valence-electron chi connectivity index (χ0n) is 10.5. The molecule has 2 aromatic rings. The number of hydrogen-bond acceptors (Lipinski definition) is 3. The normalized spacial score (nSPS) is 14.3. The summed E-state index contributed by atoms with van der Waals surface area (Å²) < 4.78 is 5.27. The Morgan fingerprint density at radius 1 is 1.17 bits per heavy atom. The predicted molar refractivity (Wildman–Crippen MR) is 71.0 cm³/mol. The van der Waals surface area contributed by atoms with Crippen molar-refractivity contribution in [2.75, 3.05) is 0 Å². The van der Waals surface area contributed by atoms with Crippen molar-refractivity contribution < 1.29 is 9.52 Å². The van der Waals surface area contributed by atoms with Crippen LogP contribution in [0.4, 0.5) is 0 Å². The van der Waals surface area contributed by atoms with Gasteiger partial charge in [-0.25, -0.2) is 0 Å². The summed E-state index contributed by atoms with van der Waals surface area (Å²) >= 11 is 0. The van der Waals surface area contributed by atoms with Gasteiger partial charge in [-0.1, -0.05) is 37.3 Å². The van der Waals surface area contributed by atoms with Gasteiger partial charge in [0, 0.05) is 6.04 Å². The molecule has 18 heavy (non-hydrogen) atoms. The van der Waals surface area contributed by atoms with Crippen LogP contribution in [0.2, 0.25) is 0 Å². The number of furan rings is 1. The number of hydrogen-bond donors (Lipinski definition) is 2. The highest BCUT2D eigenvalue weighted by Gasteiger charge is 2.18. The molecule has 1 heterocycles. The molecule has 0 amide bonds. The van der Waals surface area contributed by atoms with E-state index in [1.807, 2.05) is 42.5 Å². The first-order valence-electron chi connectivity index (χ1n) is 6.30. The summed E-state index contributed by atoms with van der Waals surface area (Å²) in [5.41, 5.74) is 0.941. The second-order valence-electron chi connectivity index (χ2n) is 4.33. The van der Waals surface area contributed by atoms with E-state index in [-0.39, 0.29) is 6.04 Å². The maximum atomic E-state index is 10.3. The van der Waals surface area contributed by atoms with Gasteiger partial charge in [0.05, 0.1) is 18.9 Å². The molecular weight excluding hydrogens is 226 g/mol. The van der Waals surface area contributed by atoms with Gasteiger partial charge in [0.1, 0.15) is 5.76 Å². The average molecular weight is 245 g/mol. The van der Waals surface area contributed by atoms with E-state index in [1.54, 1.807) is 6.26 Å². The summed E-state index contributed by atoms with van der Waals surface area (Å²) in [6, 6.07) is 13.5. The van der Waals surface area contributed by atoms with Crippen molar-refractivity contribution in [1.29, 1.82) is 0 Å². The third-order valence-electron chi connectivity index (χ3n) is 3.08. The standard InChI is InChI=1S/C15H19NO2/c1-2-14(16-11-13-9-6-10-18-13)15(17)12-7-4-3-5-8-12/h3-10,14-17H,2,11H2,1H3. The van der Waals surface area contributed by atoms with Crippen LogP contribution >= 0.6 is 0 Å². The van der Waals surface area contributed by atoms with E-state index in [9.17, 15) is 5.11 Å². The summed E-state index contributed by atoms with van der Waals surface area (Å²) in [7, 11) is 0. The van der Waals surface area contributed by atoms with E-state index in [0.29, 0.717) is 6.54 Å². The zero-order valence-corrected chi connectivity index (χ0v) is 10.5. The summed E-state index contributed by atoms with van der Waals surface area (Å²) in [5, 5.41) is 13.6. The van der Waals surface area contributed by atoms with Crippen molar-refractivity contribution in [3.63, 3.8) is 0 Å². The highest BCUT2D eigenvalue weighted by molar-refractivity contribution is 5.18. The van der Waals surface area contributed by atoms with E-state index in [2.05, 4.69) is 12.2 Å². The number of rotatable bonds is 6. The zero-order chi connectivity index (χ0) is 12.8. The fourth-order valence-electron chi connectivity index (χ4n) is 2.01. The molecule has 0 radical (unpaired) electrons.